The number of benzene rings is 1. The van der Waals surface area contributed by atoms with Crippen molar-refractivity contribution in [3.8, 4) is 0 Å². The zero-order chi connectivity index (χ0) is 18.5. The largest absolute Gasteiger partial charge is 0.350 e. The van der Waals surface area contributed by atoms with Gasteiger partial charge in [-0.15, -0.1) is 0 Å². The number of piperidine rings is 1. The van der Waals surface area contributed by atoms with Gasteiger partial charge in [-0.3, -0.25) is 14.7 Å². The van der Waals surface area contributed by atoms with Crippen LogP contribution in [-0.2, 0) is 0 Å². The number of aromatic nitrogens is 2. The molecule has 1 atom stereocenters. The number of carbonyl (C=O) groups excluding carboxylic acids is 2. The number of H-pyrrole nitrogens is 1. The second-order valence-corrected chi connectivity index (χ2v) is 6.13. The number of halogens is 2. The minimum Gasteiger partial charge on any atom is -0.350 e. The first-order valence-corrected chi connectivity index (χ1v) is 8.34. The van der Waals surface area contributed by atoms with E-state index in [0.29, 0.717) is 12.5 Å². The minimum absolute atomic E-state index is 0.0267. The fourth-order valence-electron chi connectivity index (χ4n) is 2.88. The topological polar surface area (TPSA) is 98.9 Å². The zero-order valence-electron chi connectivity index (χ0n) is 13.9. The zero-order valence-corrected chi connectivity index (χ0v) is 13.9. The van der Waals surface area contributed by atoms with Crippen LogP contribution in [0.15, 0.2) is 24.4 Å². The summed E-state index contributed by atoms with van der Waals surface area (Å²) in [6, 6.07) is 3.14. The lowest BCUT2D eigenvalue weighted by Crippen LogP contribution is -2.38. The first-order chi connectivity index (χ1) is 12.6. The Morgan fingerprint density at radius 3 is 2.69 bits per heavy atom. The highest BCUT2D eigenvalue weighted by atomic mass is 19.1. The average Bonchev–Trinajstić information content (AvgIpc) is 3.08. The van der Waals surface area contributed by atoms with Gasteiger partial charge in [0.05, 0.1) is 11.9 Å². The van der Waals surface area contributed by atoms with Gasteiger partial charge in [0.2, 0.25) is 0 Å². The first-order valence-electron chi connectivity index (χ1n) is 8.34. The van der Waals surface area contributed by atoms with E-state index >= 15 is 0 Å². The number of nitrogens with zero attached hydrogens (tertiary/aromatic N) is 1. The van der Waals surface area contributed by atoms with Crippen LogP contribution in [0, 0.1) is 17.6 Å². The summed E-state index contributed by atoms with van der Waals surface area (Å²) in [5.41, 5.74) is -0.635. The highest BCUT2D eigenvalue weighted by Gasteiger charge is 2.22. The quantitative estimate of drug-likeness (QED) is 0.649. The molecule has 4 N–H and O–H groups in total. The molecule has 0 bridgehead atoms. The standard InChI is InChI=1S/C17H19F2N5O2/c18-11-4-1-5-12(19)14(11)16(25)23-13-9-22-24-15(13)17(26)21-8-10-3-2-6-20-7-10/h1,4-5,9-10,20H,2-3,6-8H2,(H,21,26)(H,22,24)(H,23,25)/t10-/m0/s1. The predicted molar refractivity (Wildman–Crippen MR) is 90.8 cm³/mol. The van der Waals surface area contributed by atoms with Crippen LogP contribution >= 0.6 is 0 Å². The number of hydrogen-bond donors (Lipinski definition) is 4. The Balaban J connectivity index is 1.66. The summed E-state index contributed by atoms with van der Waals surface area (Å²) in [5, 5.41) is 14.6. The lowest BCUT2D eigenvalue weighted by Gasteiger charge is -2.22. The highest BCUT2D eigenvalue weighted by molar-refractivity contribution is 6.08. The molecule has 1 aromatic heterocycles. The molecule has 2 aromatic rings. The molecular formula is C17H19F2N5O2. The molecule has 1 fully saturated rings. The van der Waals surface area contributed by atoms with Crippen molar-refractivity contribution in [2.75, 3.05) is 25.0 Å². The summed E-state index contributed by atoms with van der Waals surface area (Å²) in [4.78, 5) is 24.5. The molecule has 1 aliphatic heterocycles. The third kappa shape index (κ3) is 4.05. The molecule has 2 amide bonds. The average molecular weight is 363 g/mol. The van der Waals surface area contributed by atoms with E-state index in [1.807, 2.05) is 0 Å². The van der Waals surface area contributed by atoms with Crippen LogP contribution in [-0.4, -0.2) is 41.6 Å². The molecule has 1 aliphatic rings. The monoisotopic (exact) mass is 363 g/mol. The molecule has 9 heteroatoms. The Kier molecular flexibility index (Phi) is 5.57. The maximum atomic E-state index is 13.7. The molecule has 2 heterocycles. The molecule has 0 saturated carbocycles. The van der Waals surface area contributed by atoms with Crippen molar-refractivity contribution in [1.29, 1.82) is 0 Å². The fourth-order valence-corrected chi connectivity index (χ4v) is 2.88. The fraction of sp³-hybridized carbons (Fsp3) is 0.353. The van der Waals surface area contributed by atoms with Gasteiger partial charge in [0.25, 0.3) is 11.8 Å². The van der Waals surface area contributed by atoms with Crippen LogP contribution in [0.2, 0.25) is 0 Å². The van der Waals surface area contributed by atoms with Crippen LogP contribution in [0.4, 0.5) is 14.5 Å². The van der Waals surface area contributed by atoms with Crippen molar-refractivity contribution in [2.45, 2.75) is 12.8 Å². The Labute approximate surface area is 148 Å². The van der Waals surface area contributed by atoms with E-state index in [-0.39, 0.29) is 11.4 Å². The third-order valence-electron chi connectivity index (χ3n) is 4.25. The van der Waals surface area contributed by atoms with E-state index in [9.17, 15) is 18.4 Å². The van der Waals surface area contributed by atoms with E-state index in [4.69, 9.17) is 0 Å². The van der Waals surface area contributed by atoms with E-state index in [2.05, 4.69) is 26.1 Å². The van der Waals surface area contributed by atoms with Crippen molar-refractivity contribution < 1.29 is 18.4 Å². The molecule has 26 heavy (non-hydrogen) atoms. The van der Waals surface area contributed by atoms with Crippen molar-refractivity contribution in [3.05, 3.63) is 47.3 Å². The smallest absolute Gasteiger partial charge is 0.271 e. The van der Waals surface area contributed by atoms with Gasteiger partial charge in [-0.05, 0) is 44.0 Å². The lowest BCUT2D eigenvalue weighted by atomic mass is 10.00. The Hall–Kier alpha value is -2.81. The van der Waals surface area contributed by atoms with Crippen molar-refractivity contribution in [2.24, 2.45) is 5.92 Å². The molecular weight excluding hydrogens is 344 g/mol. The van der Waals surface area contributed by atoms with Crippen LogP contribution in [0.1, 0.15) is 33.7 Å². The number of amides is 2. The Morgan fingerprint density at radius 1 is 1.23 bits per heavy atom. The summed E-state index contributed by atoms with van der Waals surface area (Å²) in [6.07, 6.45) is 3.29. The number of rotatable bonds is 5. The number of nitrogens with one attached hydrogen (secondary N) is 4. The number of hydrogen-bond acceptors (Lipinski definition) is 4. The number of anilines is 1. The molecule has 3 rings (SSSR count). The molecule has 0 spiro atoms. The number of carbonyl (C=O) groups is 2. The second-order valence-electron chi connectivity index (χ2n) is 6.13. The minimum atomic E-state index is -0.993. The molecule has 138 valence electrons. The first kappa shape index (κ1) is 18.0. The van der Waals surface area contributed by atoms with Crippen LogP contribution in [0.25, 0.3) is 0 Å². The Morgan fingerprint density at radius 2 is 2.00 bits per heavy atom. The maximum Gasteiger partial charge on any atom is 0.271 e. The SMILES string of the molecule is O=C(NC[C@H]1CCCNC1)c1[nH]ncc1NC(=O)c1c(F)cccc1F. The van der Waals surface area contributed by atoms with Crippen LogP contribution < -0.4 is 16.0 Å². The number of aromatic amines is 1. The molecule has 1 saturated heterocycles. The van der Waals surface area contributed by atoms with Gasteiger partial charge in [-0.2, -0.15) is 5.10 Å². The molecule has 1 aromatic carbocycles. The maximum absolute atomic E-state index is 13.7. The van der Waals surface area contributed by atoms with E-state index in [1.165, 1.54) is 6.20 Å². The van der Waals surface area contributed by atoms with E-state index in [0.717, 1.165) is 44.1 Å². The Bertz CT molecular complexity index is 782. The molecule has 0 aliphatic carbocycles. The normalized spacial score (nSPS) is 16.9. The van der Waals surface area contributed by atoms with E-state index < -0.39 is 29.0 Å². The van der Waals surface area contributed by atoms with Gasteiger partial charge in [-0.25, -0.2) is 8.78 Å². The molecule has 0 radical (unpaired) electrons. The molecule has 0 unspecified atom stereocenters. The summed E-state index contributed by atoms with van der Waals surface area (Å²) < 4.78 is 27.4. The predicted octanol–water partition coefficient (Wildman–Crippen LogP) is 1.67. The van der Waals surface area contributed by atoms with Gasteiger partial charge >= 0.3 is 0 Å². The summed E-state index contributed by atoms with van der Waals surface area (Å²) in [5.74, 6) is -3.07. The lowest BCUT2D eigenvalue weighted by molar-refractivity contribution is 0.0940. The van der Waals surface area contributed by atoms with Gasteiger partial charge in [0, 0.05) is 6.54 Å². The third-order valence-corrected chi connectivity index (χ3v) is 4.25. The van der Waals surface area contributed by atoms with E-state index in [1.54, 1.807) is 0 Å². The van der Waals surface area contributed by atoms with Gasteiger partial charge < -0.3 is 16.0 Å². The second kappa shape index (κ2) is 8.05. The van der Waals surface area contributed by atoms with Gasteiger partial charge in [-0.1, -0.05) is 6.07 Å². The van der Waals surface area contributed by atoms with Crippen LogP contribution in [0.3, 0.4) is 0 Å². The van der Waals surface area contributed by atoms with Crippen molar-refractivity contribution in [3.63, 3.8) is 0 Å². The van der Waals surface area contributed by atoms with Gasteiger partial charge in [0.1, 0.15) is 22.9 Å². The van der Waals surface area contributed by atoms with Gasteiger partial charge in [0.15, 0.2) is 0 Å². The summed E-state index contributed by atoms with van der Waals surface area (Å²) in [6.45, 7) is 2.30. The highest BCUT2D eigenvalue weighted by Crippen LogP contribution is 2.17. The van der Waals surface area contributed by atoms with Crippen LogP contribution in [0.5, 0.6) is 0 Å². The van der Waals surface area contributed by atoms with Crippen molar-refractivity contribution in [1.82, 2.24) is 20.8 Å². The summed E-state index contributed by atoms with van der Waals surface area (Å²) >= 11 is 0. The summed E-state index contributed by atoms with van der Waals surface area (Å²) in [7, 11) is 0. The van der Waals surface area contributed by atoms with Crippen molar-refractivity contribution >= 4 is 17.5 Å². The molecule has 7 nitrogen and oxygen atoms in total.